The number of nitrogens with one attached hydrogen (secondary N) is 1. The van der Waals surface area contributed by atoms with Gasteiger partial charge in [0.2, 0.25) is 5.91 Å². The minimum atomic E-state index is 0.0165. The maximum absolute atomic E-state index is 12.0. The van der Waals surface area contributed by atoms with E-state index in [0.717, 1.165) is 27.1 Å². The van der Waals surface area contributed by atoms with E-state index < -0.39 is 0 Å². The molecule has 2 aromatic rings. The van der Waals surface area contributed by atoms with Crippen molar-refractivity contribution < 1.29 is 14.3 Å². The van der Waals surface area contributed by atoms with Gasteiger partial charge in [-0.3, -0.25) is 4.79 Å². The molecule has 4 nitrogen and oxygen atoms in total. The van der Waals surface area contributed by atoms with Gasteiger partial charge in [0, 0.05) is 18.5 Å². The highest BCUT2D eigenvalue weighted by atomic mass is 79.9. The van der Waals surface area contributed by atoms with Crippen LogP contribution in [0, 0.1) is 0 Å². The number of para-hydroxylation sites is 1. The van der Waals surface area contributed by atoms with Crippen LogP contribution in [0.4, 0.5) is 0 Å². The first kappa shape index (κ1) is 17.3. The third kappa shape index (κ3) is 4.99. The van der Waals surface area contributed by atoms with Crippen LogP contribution in [-0.2, 0) is 17.8 Å². The van der Waals surface area contributed by atoms with E-state index in [1.807, 2.05) is 42.5 Å². The maximum Gasteiger partial charge on any atom is 0.220 e. The maximum atomic E-state index is 12.0. The zero-order chi connectivity index (χ0) is 16.7. The van der Waals surface area contributed by atoms with E-state index in [-0.39, 0.29) is 5.91 Å². The van der Waals surface area contributed by atoms with E-state index in [2.05, 4.69) is 21.2 Å². The molecule has 0 aliphatic carbocycles. The summed E-state index contributed by atoms with van der Waals surface area (Å²) in [6.45, 7) is 0.467. The smallest absolute Gasteiger partial charge is 0.220 e. The number of halogens is 1. The molecule has 0 saturated heterocycles. The van der Waals surface area contributed by atoms with Crippen LogP contribution in [0.3, 0.4) is 0 Å². The number of methoxy groups -OCH3 is 2. The van der Waals surface area contributed by atoms with Gasteiger partial charge in [-0.2, -0.15) is 0 Å². The molecule has 0 aromatic heterocycles. The van der Waals surface area contributed by atoms with E-state index in [1.54, 1.807) is 14.2 Å². The fourth-order valence-corrected chi connectivity index (χ4v) is 2.84. The van der Waals surface area contributed by atoms with Crippen molar-refractivity contribution in [3.8, 4) is 11.5 Å². The van der Waals surface area contributed by atoms with Gasteiger partial charge in [-0.1, -0.05) is 24.3 Å². The highest BCUT2D eigenvalue weighted by Gasteiger charge is 2.07. The molecule has 0 aliphatic rings. The number of ether oxygens (including phenoxy) is 2. The fraction of sp³-hybridized carbons (Fsp3) is 0.278. The van der Waals surface area contributed by atoms with E-state index in [4.69, 9.17) is 9.47 Å². The molecule has 0 saturated carbocycles. The van der Waals surface area contributed by atoms with Crippen molar-refractivity contribution in [2.24, 2.45) is 0 Å². The van der Waals surface area contributed by atoms with Crippen molar-refractivity contribution in [3.05, 3.63) is 58.1 Å². The molecule has 1 amide bonds. The molecule has 23 heavy (non-hydrogen) atoms. The largest absolute Gasteiger partial charge is 0.496 e. The Morgan fingerprint density at radius 3 is 2.52 bits per heavy atom. The van der Waals surface area contributed by atoms with Crippen molar-refractivity contribution in [2.45, 2.75) is 19.4 Å². The van der Waals surface area contributed by atoms with Gasteiger partial charge in [-0.15, -0.1) is 0 Å². The Morgan fingerprint density at radius 1 is 1.09 bits per heavy atom. The molecule has 5 heteroatoms. The monoisotopic (exact) mass is 377 g/mol. The molecular weight excluding hydrogens is 358 g/mol. The molecule has 0 heterocycles. The molecule has 2 rings (SSSR count). The van der Waals surface area contributed by atoms with Crippen LogP contribution in [0.15, 0.2) is 46.9 Å². The Labute approximate surface area is 144 Å². The Balaban J connectivity index is 1.84. The topological polar surface area (TPSA) is 47.6 Å². The van der Waals surface area contributed by atoms with E-state index in [9.17, 15) is 4.79 Å². The third-order valence-corrected chi connectivity index (χ3v) is 4.15. The summed E-state index contributed by atoms with van der Waals surface area (Å²) in [4.78, 5) is 12.0. The van der Waals surface area contributed by atoms with Gasteiger partial charge >= 0.3 is 0 Å². The summed E-state index contributed by atoms with van der Waals surface area (Å²) in [5.74, 6) is 1.59. The van der Waals surface area contributed by atoms with Crippen molar-refractivity contribution in [2.75, 3.05) is 14.2 Å². The normalized spacial score (nSPS) is 10.2. The summed E-state index contributed by atoms with van der Waals surface area (Å²) >= 11 is 3.45. The molecule has 0 aliphatic heterocycles. The average molecular weight is 378 g/mol. The first-order valence-electron chi connectivity index (χ1n) is 7.35. The number of rotatable bonds is 7. The van der Waals surface area contributed by atoms with E-state index in [0.29, 0.717) is 19.4 Å². The summed E-state index contributed by atoms with van der Waals surface area (Å²) in [6.07, 6.45) is 1.12. The van der Waals surface area contributed by atoms with Gasteiger partial charge in [0.15, 0.2) is 0 Å². The minimum absolute atomic E-state index is 0.0165. The first-order chi connectivity index (χ1) is 11.1. The zero-order valence-electron chi connectivity index (χ0n) is 13.3. The van der Waals surface area contributed by atoms with Crippen molar-refractivity contribution >= 4 is 21.8 Å². The van der Waals surface area contributed by atoms with Crippen LogP contribution >= 0.6 is 15.9 Å². The standard InChI is InChI=1S/C18H20BrNO3/c1-22-16-6-4-3-5-14(16)12-20-18(21)10-8-13-7-9-17(23-2)15(19)11-13/h3-7,9,11H,8,10,12H2,1-2H3,(H,20,21). The van der Waals surface area contributed by atoms with Gasteiger partial charge in [-0.05, 0) is 46.1 Å². The molecule has 0 unspecified atom stereocenters. The molecular formula is C18H20BrNO3. The molecule has 0 spiro atoms. The number of hydrogen-bond acceptors (Lipinski definition) is 3. The molecule has 0 radical (unpaired) electrons. The van der Waals surface area contributed by atoms with Crippen LogP contribution in [-0.4, -0.2) is 20.1 Å². The summed E-state index contributed by atoms with van der Waals surface area (Å²) in [7, 11) is 3.26. The van der Waals surface area contributed by atoms with Crippen LogP contribution in [0.2, 0.25) is 0 Å². The second kappa shape index (κ2) is 8.58. The molecule has 1 N–H and O–H groups in total. The molecule has 122 valence electrons. The summed E-state index contributed by atoms with van der Waals surface area (Å²) < 4.78 is 11.4. The lowest BCUT2D eigenvalue weighted by Gasteiger charge is -2.10. The van der Waals surface area contributed by atoms with Gasteiger partial charge in [-0.25, -0.2) is 0 Å². The highest BCUT2D eigenvalue weighted by Crippen LogP contribution is 2.26. The predicted molar refractivity (Wildman–Crippen MR) is 93.9 cm³/mol. The summed E-state index contributed by atoms with van der Waals surface area (Å²) in [6, 6.07) is 13.5. The van der Waals surface area contributed by atoms with Gasteiger partial charge in [0.05, 0.1) is 18.7 Å². The zero-order valence-corrected chi connectivity index (χ0v) is 14.9. The van der Waals surface area contributed by atoms with Gasteiger partial charge in [0.1, 0.15) is 11.5 Å². The predicted octanol–water partition coefficient (Wildman–Crippen LogP) is 3.72. The highest BCUT2D eigenvalue weighted by molar-refractivity contribution is 9.10. The number of hydrogen-bond donors (Lipinski definition) is 1. The third-order valence-electron chi connectivity index (χ3n) is 3.53. The molecule has 0 bridgehead atoms. The number of aryl methyl sites for hydroxylation is 1. The van der Waals surface area contributed by atoms with Crippen molar-refractivity contribution in [1.29, 1.82) is 0 Å². The average Bonchev–Trinajstić information content (AvgIpc) is 2.58. The number of carbonyl (C=O) groups excluding carboxylic acids is 1. The van der Waals surface area contributed by atoms with Crippen molar-refractivity contribution in [1.82, 2.24) is 5.32 Å². The minimum Gasteiger partial charge on any atom is -0.496 e. The second-order valence-electron chi connectivity index (χ2n) is 5.06. The number of benzene rings is 2. The second-order valence-corrected chi connectivity index (χ2v) is 5.91. The Morgan fingerprint density at radius 2 is 1.83 bits per heavy atom. The van der Waals surface area contributed by atoms with E-state index >= 15 is 0 Å². The van der Waals surface area contributed by atoms with Gasteiger partial charge < -0.3 is 14.8 Å². The number of carbonyl (C=O) groups is 1. The van der Waals surface area contributed by atoms with Crippen LogP contribution < -0.4 is 14.8 Å². The lowest BCUT2D eigenvalue weighted by atomic mass is 10.1. The lowest BCUT2D eigenvalue weighted by molar-refractivity contribution is -0.121. The molecule has 0 atom stereocenters. The SMILES string of the molecule is COc1ccc(CCC(=O)NCc2ccccc2OC)cc1Br. The quantitative estimate of drug-likeness (QED) is 0.799. The van der Waals surface area contributed by atoms with Crippen LogP contribution in [0.1, 0.15) is 17.5 Å². The summed E-state index contributed by atoms with van der Waals surface area (Å²) in [5, 5.41) is 2.93. The summed E-state index contributed by atoms with van der Waals surface area (Å²) in [5.41, 5.74) is 2.06. The number of amides is 1. The molecule has 2 aromatic carbocycles. The fourth-order valence-electron chi connectivity index (χ4n) is 2.25. The van der Waals surface area contributed by atoms with E-state index in [1.165, 1.54) is 0 Å². The van der Waals surface area contributed by atoms with Crippen LogP contribution in [0.25, 0.3) is 0 Å². The molecule has 0 fully saturated rings. The Bertz CT molecular complexity index is 673. The van der Waals surface area contributed by atoms with Gasteiger partial charge in [0.25, 0.3) is 0 Å². The first-order valence-corrected chi connectivity index (χ1v) is 8.14. The Hall–Kier alpha value is -2.01. The van der Waals surface area contributed by atoms with Crippen LogP contribution in [0.5, 0.6) is 11.5 Å². The van der Waals surface area contributed by atoms with Crippen molar-refractivity contribution in [3.63, 3.8) is 0 Å². The Kier molecular flexibility index (Phi) is 6.47. The lowest BCUT2D eigenvalue weighted by Crippen LogP contribution is -2.23.